The van der Waals surface area contributed by atoms with Gasteiger partial charge in [-0.2, -0.15) is 0 Å². The summed E-state index contributed by atoms with van der Waals surface area (Å²) in [6.45, 7) is 4.63. The van der Waals surface area contributed by atoms with Gasteiger partial charge in [-0.05, 0) is 49.1 Å². The number of aryl methyl sites for hydroxylation is 2. The zero-order valence-corrected chi connectivity index (χ0v) is 15.0. The highest BCUT2D eigenvalue weighted by Gasteiger charge is 2.49. The van der Waals surface area contributed by atoms with Crippen LogP contribution in [0.1, 0.15) is 23.1 Å². The van der Waals surface area contributed by atoms with Gasteiger partial charge in [0.05, 0.1) is 11.8 Å². The molecule has 130 valence electrons. The van der Waals surface area contributed by atoms with E-state index in [4.69, 9.17) is 0 Å². The van der Waals surface area contributed by atoms with Crippen LogP contribution in [0.15, 0.2) is 48.5 Å². The van der Waals surface area contributed by atoms with Crippen molar-refractivity contribution in [3.05, 3.63) is 65.2 Å². The second kappa shape index (κ2) is 7.09. The van der Waals surface area contributed by atoms with Gasteiger partial charge in [0.25, 0.3) is 0 Å². The maximum Gasteiger partial charge on any atom is 0.228 e. The summed E-state index contributed by atoms with van der Waals surface area (Å²) in [5, 5.41) is 2.94. The van der Waals surface area contributed by atoms with Crippen LogP contribution in [0.25, 0.3) is 0 Å². The molecule has 2 atom stereocenters. The Labute approximate surface area is 148 Å². The van der Waals surface area contributed by atoms with E-state index in [9.17, 15) is 9.59 Å². The fourth-order valence-electron chi connectivity index (χ4n) is 3.03. The molecule has 0 aromatic heterocycles. The van der Waals surface area contributed by atoms with E-state index in [-0.39, 0.29) is 23.7 Å². The third kappa shape index (κ3) is 4.08. The Morgan fingerprint density at radius 2 is 1.76 bits per heavy atom. The fourth-order valence-corrected chi connectivity index (χ4v) is 3.03. The highest BCUT2D eigenvalue weighted by Crippen LogP contribution is 2.41. The molecule has 0 aliphatic heterocycles. The molecule has 1 aliphatic carbocycles. The Kier molecular flexibility index (Phi) is 4.88. The highest BCUT2D eigenvalue weighted by molar-refractivity contribution is 5.99. The molecule has 0 radical (unpaired) electrons. The molecular formula is C21H24N2O2. The molecule has 25 heavy (non-hydrogen) atoms. The number of amides is 2. The zero-order chi connectivity index (χ0) is 18.0. The van der Waals surface area contributed by atoms with Gasteiger partial charge in [0.1, 0.15) is 0 Å². The van der Waals surface area contributed by atoms with Crippen LogP contribution in [0.3, 0.4) is 0 Å². The Morgan fingerprint density at radius 1 is 1.04 bits per heavy atom. The average Bonchev–Trinajstić information content (AvgIpc) is 3.39. The first kappa shape index (κ1) is 17.2. The van der Waals surface area contributed by atoms with Crippen molar-refractivity contribution in [1.29, 1.82) is 0 Å². The topological polar surface area (TPSA) is 49.4 Å². The average molecular weight is 336 g/mol. The predicted octanol–water partition coefficient (Wildman–Crippen LogP) is 3.54. The number of hydrogen-bond acceptors (Lipinski definition) is 2. The number of anilines is 1. The van der Waals surface area contributed by atoms with Crippen LogP contribution in [0.5, 0.6) is 0 Å². The van der Waals surface area contributed by atoms with E-state index in [0.717, 1.165) is 16.8 Å². The maximum atomic E-state index is 12.5. The Bertz CT molecular complexity index is 786. The van der Waals surface area contributed by atoms with Crippen LogP contribution in [-0.2, 0) is 16.1 Å². The Balaban J connectivity index is 1.55. The summed E-state index contributed by atoms with van der Waals surface area (Å²) in [4.78, 5) is 26.6. The number of nitrogens with zero attached hydrogens (tertiary/aromatic N) is 1. The van der Waals surface area contributed by atoms with Crippen molar-refractivity contribution in [3.8, 4) is 0 Å². The molecule has 0 saturated heterocycles. The molecule has 2 aromatic rings. The smallest absolute Gasteiger partial charge is 0.228 e. The van der Waals surface area contributed by atoms with Gasteiger partial charge in [0.15, 0.2) is 0 Å². The first-order chi connectivity index (χ1) is 12.0. The van der Waals surface area contributed by atoms with Gasteiger partial charge in [0, 0.05) is 19.3 Å². The molecule has 0 heterocycles. The van der Waals surface area contributed by atoms with Crippen molar-refractivity contribution in [2.24, 2.45) is 11.8 Å². The minimum atomic E-state index is -0.215. The first-order valence-corrected chi connectivity index (χ1v) is 8.62. The van der Waals surface area contributed by atoms with Crippen molar-refractivity contribution >= 4 is 17.5 Å². The van der Waals surface area contributed by atoms with Crippen LogP contribution in [-0.4, -0.2) is 23.8 Å². The van der Waals surface area contributed by atoms with Gasteiger partial charge in [-0.15, -0.1) is 0 Å². The first-order valence-electron chi connectivity index (χ1n) is 8.62. The normalized spacial score (nSPS) is 18.5. The summed E-state index contributed by atoms with van der Waals surface area (Å²) < 4.78 is 0. The van der Waals surface area contributed by atoms with Crippen LogP contribution in [0.2, 0.25) is 0 Å². The van der Waals surface area contributed by atoms with Crippen LogP contribution >= 0.6 is 0 Å². The number of rotatable bonds is 5. The molecule has 0 spiro atoms. The second-order valence-corrected chi connectivity index (χ2v) is 6.92. The summed E-state index contributed by atoms with van der Waals surface area (Å²) in [5.41, 5.74) is 4.22. The SMILES string of the molecule is Cc1ccc(NC(=O)C2CC2C(=O)N(C)Cc2ccccc2)cc1C. The minimum Gasteiger partial charge on any atom is -0.341 e. The third-order valence-electron chi connectivity index (χ3n) is 4.86. The number of benzene rings is 2. The van der Waals surface area contributed by atoms with Gasteiger partial charge >= 0.3 is 0 Å². The summed E-state index contributed by atoms with van der Waals surface area (Å²) in [6, 6.07) is 15.7. The zero-order valence-electron chi connectivity index (χ0n) is 15.0. The summed E-state index contributed by atoms with van der Waals surface area (Å²) in [7, 11) is 1.80. The van der Waals surface area contributed by atoms with E-state index < -0.39 is 0 Å². The molecule has 2 unspecified atom stereocenters. The molecule has 0 bridgehead atoms. The number of hydrogen-bond donors (Lipinski definition) is 1. The molecule has 1 fully saturated rings. The quantitative estimate of drug-likeness (QED) is 0.908. The van der Waals surface area contributed by atoms with Crippen molar-refractivity contribution < 1.29 is 9.59 Å². The molecule has 1 aliphatic rings. The molecule has 1 saturated carbocycles. The van der Waals surface area contributed by atoms with Crippen LogP contribution in [0, 0.1) is 25.7 Å². The summed E-state index contributed by atoms with van der Waals surface area (Å²) in [6.07, 6.45) is 0.634. The van der Waals surface area contributed by atoms with Crippen LogP contribution < -0.4 is 5.32 Å². The van der Waals surface area contributed by atoms with Crippen molar-refractivity contribution in [2.45, 2.75) is 26.8 Å². The van der Waals surface area contributed by atoms with E-state index in [2.05, 4.69) is 5.32 Å². The number of carbonyl (C=O) groups excluding carboxylic acids is 2. The van der Waals surface area contributed by atoms with E-state index in [1.54, 1.807) is 11.9 Å². The highest BCUT2D eigenvalue weighted by atomic mass is 16.2. The minimum absolute atomic E-state index is 0.0455. The Morgan fingerprint density at radius 3 is 2.44 bits per heavy atom. The molecule has 3 rings (SSSR count). The van der Waals surface area contributed by atoms with Gasteiger partial charge in [0.2, 0.25) is 11.8 Å². The molecule has 2 aromatic carbocycles. The van der Waals surface area contributed by atoms with Crippen molar-refractivity contribution in [3.63, 3.8) is 0 Å². The standard InChI is InChI=1S/C21H24N2O2/c1-14-9-10-17(11-15(14)2)22-20(24)18-12-19(18)21(25)23(3)13-16-7-5-4-6-8-16/h4-11,18-19H,12-13H2,1-3H3,(H,22,24). The maximum absolute atomic E-state index is 12.5. The van der Waals surface area contributed by atoms with Gasteiger partial charge in [-0.1, -0.05) is 36.4 Å². The second-order valence-electron chi connectivity index (χ2n) is 6.92. The predicted molar refractivity (Wildman–Crippen MR) is 99.1 cm³/mol. The van der Waals surface area contributed by atoms with E-state index >= 15 is 0 Å². The van der Waals surface area contributed by atoms with E-state index in [0.29, 0.717) is 13.0 Å². The van der Waals surface area contributed by atoms with Gasteiger partial charge in [-0.25, -0.2) is 0 Å². The molecule has 4 nitrogen and oxygen atoms in total. The summed E-state index contributed by atoms with van der Waals surface area (Å²) >= 11 is 0. The lowest BCUT2D eigenvalue weighted by molar-refractivity contribution is -0.133. The lowest BCUT2D eigenvalue weighted by Crippen LogP contribution is -2.29. The van der Waals surface area contributed by atoms with Crippen LogP contribution in [0.4, 0.5) is 5.69 Å². The Hall–Kier alpha value is -2.62. The molecule has 1 N–H and O–H groups in total. The third-order valence-corrected chi connectivity index (χ3v) is 4.86. The van der Waals surface area contributed by atoms with E-state index in [1.165, 1.54) is 5.56 Å². The molecule has 4 heteroatoms. The van der Waals surface area contributed by atoms with E-state index in [1.807, 2.05) is 62.4 Å². The lowest BCUT2D eigenvalue weighted by atomic mass is 10.1. The number of nitrogens with one attached hydrogen (secondary N) is 1. The number of carbonyl (C=O) groups is 2. The van der Waals surface area contributed by atoms with Crippen molar-refractivity contribution in [2.75, 3.05) is 12.4 Å². The lowest BCUT2D eigenvalue weighted by Gasteiger charge is -2.17. The fraction of sp³-hybridized carbons (Fsp3) is 0.333. The largest absolute Gasteiger partial charge is 0.341 e. The van der Waals surface area contributed by atoms with Gasteiger partial charge < -0.3 is 10.2 Å². The van der Waals surface area contributed by atoms with Gasteiger partial charge in [-0.3, -0.25) is 9.59 Å². The monoisotopic (exact) mass is 336 g/mol. The molecular weight excluding hydrogens is 312 g/mol. The molecule has 2 amide bonds. The summed E-state index contributed by atoms with van der Waals surface area (Å²) in [5.74, 6) is -0.425. The van der Waals surface area contributed by atoms with Crippen molar-refractivity contribution in [1.82, 2.24) is 4.90 Å².